The number of ether oxygens (including phenoxy) is 3. The summed E-state index contributed by atoms with van der Waals surface area (Å²) in [5.41, 5.74) is 10.3. The molecule has 2 aromatic carbocycles. The number of aromatic carboxylic acids is 1. The predicted octanol–water partition coefficient (Wildman–Crippen LogP) is 6.57. The number of nitrogens with zero attached hydrogens (tertiary/aromatic N) is 9. The molecule has 2 aliphatic heterocycles. The van der Waals surface area contributed by atoms with Gasteiger partial charge < -0.3 is 71.6 Å². The van der Waals surface area contributed by atoms with Gasteiger partial charge in [0.05, 0.1) is 61.1 Å². The van der Waals surface area contributed by atoms with Gasteiger partial charge in [-0.3, -0.25) is 33.6 Å². The Balaban J connectivity index is 0.684. The molecule has 532 valence electrons. The number of fused-ring (bicyclic) bond motifs is 2. The molecular formula is C70H87N15O14S. The van der Waals surface area contributed by atoms with Crippen LogP contribution in [0.2, 0.25) is 0 Å². The van der Waals surface area contributed by atoms with Gasteiger partial charge in [0.15, 0.2) is 22.5 Å². The molecule has 0 radical (unpaired) electrons. The molecule has 6 aliphatic rings. The number of urea groups is 1. The molecule has 6 heterocycles. The van der Waals surface area contributed by atoms with E-state index in [2.05, 4.69) is 36.8 Å². The fraction of sp³-hybridized carbons (Fsp3) is 0.500. The third-order valence-electron chi connectivity index (χ3n) is 19.5. The van der Waals surface area contributed by atoms with Crippen molar-refractivity contribution < 1.29 is 67.9 Å². The van der Waals surface area contributed by atoms with Gasteiger partial charge in [-0.05, 0) is 150 Å². The van der Waals surface area contributed by atoms with Gasteiger partial charge in [0.2, 0.25) is 17.7 Å². The number of carboxylic acids is 1. The van der Waals surface area contributed by atoms with Gasteiger partial charge in [-0.15, -0.1) is 10.2 Å². The number of nitrogens with two attached hydrogens (primary N) is 1. The maximum atomic E-state index is 13.9. The third kappa shape index (κ3) is 17.2. The van der Waals surface area contributed by atoms with Crippen LogP contribution in [0, 0.1) is 37.0 Å². The van der Waals surface area contributed by atoms with Gasteiger partial charge in [-0.25, -0.2) is 24.4 Å². The van der Waals surface area contributed by atoms with Crippen LogP contribution in [0.3, 0.4) is 0 Å². The molecule has 4 saturated carbocycles. The van der Waals surface area contributed by atoms with Crippen LogP contribution in [-0.2, 0) is 57.8 Å². The Hall–Kier alpha value is -9.49. The van der Waals surface area contributed by atoms with E-state index in [4.69, 9.17) is 35.0 Å². The Kier molecular flexibility index (Phi) is 22.8. The highest BCUT2D eigenvalue weighted by atomic mass is 32.1. The molecule has 4 aliphatic carbocycles. The first kappa shape index (κ1) is 71.8. The lowest BCUT2D eigenvalue weighted by atomic mass is 9.48. The number of rotatable bonds is 33. The van der Waals surface area contributed by atoms with E-state index >= 15 is 0 Å². The summed E-state index contributed by atoms with van der Waals surface area (Å²) in [6.45, 7) is 8.52. The maximum absolute atomic E-state index is 13.9. The molecule has 30 heteroatoms. The average Bonchev–Trinajstić information content (AvgIpc) is 0.782. The predicted molar refractivity (Wildman–Crippen MR) is 369 cm³/mol. The number of carbonyl (C=O) groups excluding carboxylic acids is 7. The number of pyridine rings is 1. The van der Waals surface area contributed by atoms with E-state index in [1.165, 1.54) is 28.4 Å². The van der Waals surface area contributed by atoms with E-state index < -0.39 is 83.9 Å². The topological polar surface area (TPSA) is 390 Å². The van der Waals surface area contributed by atoms with Crippen molar-refractivity contribution in [3.8, 4) is 11.1 Å². The highest BCUT2D eigenvalue weighted by molar-refractivity contribution is 7.22. The Morgan fingerprint density at radius 1 is 0.870 bits per heavy atom. The van der Waals surface area contributed by atoms with Gasteiger partial charge in [0.25, 0.3) is 11.8 Å². The largest absolute Gasteiger partial charge is 0.476 e. The molecule has 7 atom stereocenters. The first-order valence-electron chi connectivity index (χ1n) is 34.1. The van der Waals surface area contributed by atoms with Crippen LogP contribution in [0.5, 0.6) is 0 Å². The number of amides is 8. The van der Waals surface area contributed by atoms with Crippen molar-refractivity contribution >= 4 is 97.5 Å². The Bertz CT molecular complexity index is 3980. The van der Waals surface area contributed by atoms with Crippen LogP contribution in [0.15, 0.2) is 79.0 Å². The average molecular weight is 1390 g/mol. The minimum absolute atomic E-state index is 0.0134. The number of nitrogens with one attached hydrogen (secondary N) is 5. The molecular weight excluding hydrogens is 1310 g/mol. The molecule has 3 unspecified atom stereocenters. The second-order valence-electron chi connectivity index (χ2n) is 27.2. The Labute approximate surface area is 582 Å². The highest BCUT2D eigenvalue weighted by Crippen LogP contribution is 2.63. The third-order valence-corrected chi connectivity index (χ3v) is 20.5. The molecule has 0 spiro atoms. The van der Waals surface area contributed by atoms with Gasteiger partial charge in [0, 0.05) is 84.9 Å². The van der Waals surface area contributed by atoms with Gasteiger partial charge >= 0.3 is 18.1 Å². The number of thiazole rings is 1. The summed E-state index contributed by atoms with van der Waals surface area (Å²) in [5, 5.41) is 59.8. The molecule has 4 aromatic heterocycles. The molecule has 8 amide bonds. The number of para-hydroxylation sites is 1. The van der Waals surface area contributed by atoms with Gasteiger partial charge in [-0.1, -0.05) is 49.4 Å². The zero-order chi connectivity index (χ0) is 70.8. The van der Waals surface area contributed by atoms with Crippen molar-refractivity contribution in [2.45, 2.75) is 142 Å². The number of aliphatic hydroxyl groups is 2. The number of imide groups is 1. The van der Waals surface area contributed by atoms with Crippen molar-refractivity contribution in [1.82, 2.24) is 55.7 Å². The fourth-order valence-corrected chi connectivity index (χ4v) is 15.8. The minimum atomic E-state index is -1.16. The first-order chi connectivity index (χ1) is 48.1. The summed E-state index contributed by atoms with van der Waals surface area (Å²) in [4.78, 5) is 117. The number of carboxylic acid groups (broad SMARTS) is 1. The highest BCUT2D eigenvalue weighted by Gasteiger charge is 2.58. The lowest BCUT2D eigenvalue weighted by molar-refractivity contribution is -0.197. The quantitative estimate of drug-likeness (QED) is 0.0155. The monoisotopic (exact) mass is 1390 g/mol. The Morgan fingerprint density at radius 3 is 2.35 bits per heavy atom. The van der Waals surface area contributed by atoms with E-state index in [0.29, 0.717) is 64.8 Å². The normalized spacial score (nSPS) is 19.9. The molecule has 100 heavy (non-hydrogen) atoms. The first-order valence-corrected chi connectivity index (χ1v) is 34.9. The summed E-state index contributed by atoms with van der Waals surface area (Å²) in [6.07, 6.45) is 9.85. The SMILES string of the molecule is Cc1c(Nc2nc3ccccc3s2)nnc2c1CCCN2c1ccc(-c2cnn(CC34C[C@H]5C[C@@H](C3)CC(OCCN(CCC(O)CO)C(=O)OCc3ccc(NC(=O)[C@H](CCCNC(N)=O)NC(=O)[C@@H](NC(=O)CCOCCN6C(=O)C=CC6=O)C(C)C)cc3)(C5)C4)c2C)c(C(=O)O)n1. The summed E-state index contributed by atoms with van der Waals surface area (Å²) in [6, 6.07) is 15.2. The van der Waals surface area contributed by atoms with E-state index in [0.717, 1.165) is 88.4 Å². The number of carbonyl (C=O) groups is 8. The number of aromatic nitrogens is 6. The summed E-state index contributed by atoms with van der Waals surface area (Å²) in [7, 11) is 0. The lowest BCUT2D eigenvalue weighted by Gasteiger charge is -2.61. The zero-order valence-electron chi connectivity index (χ0n) is 56.6. The van der Waals surface area contributed by atoms with E-state index in [1.807, 2.05) is 59.8 Å². The molecule has 10 N–H and O–H groups in total. The van der Waals surface area contributed by atoms with Crippen LogP contribution in [0.25, 0.3) is 21.3 Å². The molecule has 6 aromatic rings. The van der Waals surface area contributed by atoms with Gasteiger partial charge in [-0.2, -0.15) is 5.10 Å². The summed E-state index contributed by atoms with van der Waals surface area (Å²) >= 11 is 1.54. The number of hydrogen-bond acceptors (Lipinski definition) is 21. The number of primary amides is 1. The van der Waals surface area contributed by atoms with Gasteiger partial charge in [0.1, 0.15) is 24.5 Å². The number of benzene rings is 2. The molecule has 4 fully saturated rings. The Morgan fingerprint density at radius 2 is 1.63 bits per heavy atom. The lowest BCUT2D eigenvalue weighted by Crippen LogP contribution is -2.58. The summed E-state index contributed by atoms with van der Waals surface area (Å²) in [5.74, 6) is -1.62. The summed E-state index contributed by atoms with van der Waals surface area (Å²) < 4.78 is 21.3. The van der Waals surface area contributed by atoms with E-state index in [9.17, 15) is 53.7 Å². The van der Waals surface area contributed by atoms with Crippen molar-refractivity contribution in [3.05, 3.63) is 107 Å². The minimum Gasteiger partial charge on any atom is -0.476 e. The van der Waals surface area contributed by atoms with E-state index in [1.54, 1.807) is 44.3 Å². The molecule has 29 nitrogen and oxygen atoms in total. The standard InChI is InChI=1S/C70H87N15O14S/c1-41(2)59(78-56(88)22-28-97-29-27-84-57(89)19-20-58(84)90)64(92)75-53(11-7-23-72-66(71)95)63(91)74-47-15-13-44(14-16-47)38-98-68(96)82(25-21-48(87)37-86)26-30-99-70-34-45-31-46(35-70)33-69(32-45,39-70)40-85-43(4)51(36-73-85)50-17-18-55(77-60(50)65(93)94)83-24-8-9-49-42(3)61(80-81-62(49)83)79-67-76-52-10-5-6-12-54(52)100-67/h5-6,10,12-20,36,41,45-46,48,53,59,86-87H,7-9,11,21-35,37-40H2,1-4H3,(H,74,91)(H,75,92)(H,78,88)(H,93,94)(H3,71,72,95)(H,76,79,80)/t45-,46+,48?,53-,59-,69?,70?/m0/s1. The second kappa shape index (κ2) is 31.8. The van der Waals surface area contributed by atoms with Crippen LogP contribution in [0.4, 0.5) is 37.9 Å². The molecule has 0 saturated heterocycles. The molecule has 4 bridgehead atoms. The van der Waals surface area contributed by atoms with E-state index in [-0.39, 0.29) is 89.4 Å². The second-order valence-corrected chi connectivity index (χ2v) is 28.2. The molecule has 12 rings (SSSR count). The number of aliphatic hydroxyl groups excluding tert-OH is 2. The maximum Gasteiger partial charge on any atom is 0.410 e. The number of anilines is 5. The van der Waals surface area contributed by atoms with Crippen LogP contribution in [0.1, 0.15) is 117 Å². The van der Waals surface area contributed by atoms with Crippen molar-refractivity contribution in [2.75, 3.05) is 74.7 Å². The van der Waals surface area contributed by atoms with Crippen LogP contribution >= 0.6 is 11.3 Å². The van der Waals surface area contributed by atoms with Crippen molar-refractivity contribution in [2.24, 2.45) is 28.9 Å². The van der Waals surface area contributed by atoms with Crippen LogP contribution < -0.4 is 37.2 Å². The van der Waals surface area contributed by atoms with Crippen LogP contribution in [-0.4, -0.2) is 186 Å². The van der Waals surface area contributed by atoms with Crippen molar-refractivity contribution in [3.63, 3.8) is 0 Å². The number of hydrogen-bond donors (Lipinski definition) is 9. The fourth-order valence-electron chi connectivity index (χ4n) is 15.0. The zero-order valence-corrected chi connectivity index (χ0v) is 57.4. The van der Waals surface area contributed by atoms with Crippen molar-refractivity contribution in [1.29, 1.82) is 0 Å². The smallest absolute Gasteiger partial charge is 0.410 e.